The topological polar surface area (TPSA) is 91.8 Å². The van der Waals surface area contributed by atoms with Crippen LogP contribution in [0.25, 0.3) is 0 Å². The summed E-state index contributed by atoms with van der Waals surface area (Å²) >= 11 is 2.94. The fraction of sp³-hybridized carbons (Fsp3) is 0.481. The summed E-state index contributed by atoms with van der Waals surface area (Å²) in [6, 6.07) is 3.67. The monoisotopic (exact) mass is 542 g/mol. The lowest BCUT2D eigenvalue weighted by molar-refractivity contribution is -0.129. The minimum atomic E-state index is -0.112. The molecule has 1 saturated heterocycles. The van der Waals surface area contributed by atoms with E-state index in [0.29, 0.717) is 42.5 Å². The van der Waals surface area contributed by atoms with Gasteiger partial charge in [-0.25, -0.2) is 4.98 Å². The number of methoxy groups -OCH3 is 1. The molecule has 0 spiro atoms. The molecule has 8 nitrogen and oxygen atoms in total. The third kappa shape index (κ3) is 6.35. The highest BCUT2D eigenvalue weighted by molar-refractivity contribution is 8.01. The summed E-state index contributed by atoms with van der Waals surface area (Å²) in [4.78, 5) is 47.3. The van der Waals surface area contributed by atoms with Gasteiger partial charge in [0.2, 0.25) is 11.8 Å². The predicted octanol–water partition coefficient (Wildman–Crippen LogP) is 4.84. The van der Waals surface area contributed by atoms with Crippen LogP contribution in [0.4, 0.5) is 5.13 Å². The molecule has 2 heterocycles. The maximum atomic E-state index is 13.8. The first-order valence-electron chi connectivity index (χ1n) is 12.6. The fourth-order valence-corrected chi connectivity index (χ4v) is 6.41. The molecule has 0 bridgehead atoms. The first-order chi connectivity index (χ1) is 17.7. The van der Waals surface area contributed by atoms with Crippen molar-refractivity contribution in [3.05, 3.63) is 42.1 Å². The molecule has 198 valence electrons. The van der Waals surface area contributed by atoms with Crippen LogP contribution in [0.1, 0.15) is 49.0 Å². The number of nitrogens with one attached hydrogen (secondary N) is 1. The van der Waals surface area contributed by atoms with Gasteiger partial charge in [-0.3, -0.25) is 14.4 Å². The predicted molar refractivity (Wildman–Crippen MR) is 146 cm³/mol. The molecule has 2 fully saturated rings. The standard InChI is InChI=1S/C27H34N4O4S2/c1-6-23(32)31-11-7-10-30(15-20(31)16(2)3)26(34)19-13-22(17(4)12-21(19)35-5)36-24-14-28-27(37-24)29-25(33)18-8-9-18/h6,12-14,16,18,20H,1,7-11,15H2,2-5H3,(H,28,29,33)/t20-/m0/s1. The Balaban J connectivity index is 1.55. The van der Waals surface area contributed by atoms with Crippen molar-refractivity contribution in [2.45, 2.75) is 55.2 Å². The van der Waals surface area contributed by atoms with Gasteiger partial charge in [0.05, 0.1) is 29.1 Å². The maximum absolute atomic E-state index is 13.8. The van der Waals surface area contributed by atoms with Gasteiger partial charge in [0.25, 0.3) is 5.91 Å². The number of nitrogens with zero attached hydrogens (tertiary/aromatic N) is 3. The first kappa shape index (κ1) is 27.2. The van der Waals surface area contributed by atoms with Gasteiger partial charge in [0.15, 0.2) is 5.13 Å². The molecule has 0 radical (unpaired) electrons. The number of anilines is 1. The number of hydrogen-bond acceptors (Lipinski definition) is 7. The molecule has 4 rings (SSSR count). The number of carbonyl (C=O) groups excluding carboxylic acids is 3. The van der Waals surface area contributed by atoms with Crippen molar-refractivity contribution in [3.8, 4) is 5.75 Å². The number of rotatable bonds is 8. The Morgan fingerprint density at radius 3 is 2.68 bits per heavy atom. The number of hydrogen-bond donors (Lipinski definition) is 1. The van der Waals surface area contributed by atoms with Gasteiger partial charge in [-0.1, -0.05) is 43.5 Å². The highest BCUT2D eigenvalue weighted by Gasteiger charge is 2.33. The maximum Gasteiger partial charge on any atom is 0.257 e. The molecule has 1 atom stereocenters. The third-order valence-electron chi connectivity index (χ3n) is 6.75. The summed E-state index contributed by atoms with van der Waals surface area (Å²) < 4.78 is 6.53. The second kappa shape index (κ2) is 11.7. The Morgan fingerprint density at radius 2 is 2.03 bits per heavy atom. The summed E-state index contributed by atoms with van der Waals surface area (Å²) in [7, 11) is 1.57. The Bertz CT molecular complexity index is 1190. The minimum absolute atomic E-state index is 0.0323. The highest BCUT2D eigenvalue weighted by atomic mass is 32.2. The molecule has 37 heavy (non-hydrogen) atoms. The number of carbonyl (C=O) groups is 3. The van der Waals surface area contributed by atoms with Gasteiger partial charge >= 0.3 is 0 Å². The molecule has 1 aliphatic carbocycles. The zero-order valence-electron chi connectivity index (χ0n) is 21.8. The smallest absolute Gasteiger partial charge is 0.257 e. The lowest BCUT2D eigenvalue weighted by Crippen LogP contribution is -2.47. The molecular formula is C27H34N4O4S2. The quantitative estimate of drug-likeness (QED) is 0.480. The van der Waals surface area contributed by atoms with Crippen molar-refractivity contribution in [2.75, 3.05) is 32.1 Å². The van der Waals surface area contributed by atoms with Gasteiger partial charge in [-0.05, 0) is 55.9 Å². The number of thiazole rings is 1. The van der Waals surface area contributed by atoms with Crippen LogP contribution < -0.4 is 10.1 Å². The van der Waals surface area contributed by atoms with Crippen molar-refractivity contribution in [2.24, 2.45) is 11.8 Å². The van der Waals surface area contributed by atoms with E-state index in [0.717, 1.165) is 27.5 Å². The summed E-state index contributed by atoms with van der Waals surface area (Å²) in [6.07, 6.45) is 5.68. The van der Waals surface area contributed by atoms with Crippen molar-refractivity contribution in [1.82, 2.24) is 14.8 Å². The van der Waals surface area contributed by atoms with Crippen molar-refractivity contribution < 1.29 is 19.1 Å². The van der Waals surface area contributed by atoms with E-state index in [1.165, 1.54) is 29.2 Å². The van der Waals surface area contributed by atoms with Crippen LogP contribution in [-0.2, 0) is 9.59 Å². The van der Waals surface area contributed by atoms with Gasteiger partial charge in [-0.15, -0.1) is 0 Å². The van der Waals surface area contributed by atoms with Gasteiger partial charge in [0.1, 0.15) is 5.75 Å². The van der Waals surface area contributed by atoms with E-state index < -0.39 is 0 Å². The molecule has 2 aliphatic rings. The average molecular weight is 543 g/mol. The number of aryl methyl sites for hydroxylation is 1. The third-order valence-corrected chi connectivity index (χ3v) is 8.92. The molecule has 1 aliphatic heterocycles. The molecule has 1 aromatic heterocycles. The van der Waals surface area contributed by atoms with Crippen LogP contribution in [0.3, 0.4) is 0 Å². The van der Waals surface area contributed by atoms with Crippen molar-refractivity contribution >= 4 is 46.0 Å². The summed E-state index contributed by atoms with van der Waals surface area (Å²) in [5, 5.41) is 3.48. The molecule has 1 saturated carbocycles. The van der Waals surface area contributed by atoms with Crippen molar-refractivity contribution in [3.63, 3.8) is 0 Å². The molecule has 1 N–H and O–H groups in total. The lowest BCUT2D eigenvalue weighted by Gasteiger charge is -2.34. The van der Waals surface area contributed by atoms with E-state index in [9.17, 15) is 14.4 Å². The highest BCUT2D eigenvalue weighted by Crippen LogP contribution is 2.39. The number of aromatic nitrogens is 1. The van der Waals surface area contributed by atoms with Crippen LogP contribution in [0.5, 0.6) is 5.75 Å². The summed E-state index contributed by atoms with van der Waals surface area (Å²) in [6.45, 7) is 11.4. The molecular weight excluding hydrogens is 508 g/mol. The van der Waals surface area contributed by atoms with E-state index in [4.69, 9.17) is 4.74 Å². The van der Waals surface area contributed by atoms with E-state index in [2.05, 4.69) is 30.7 Å². The van der Waals surface area contributed by atoms with E-state index in [-0.39, 0.29) is 35.6 Å². The Labute approximate surface area is 226 Å². The van der Waals surface area contributed by atoms with Gasteiger partial charge in [-0.2, -0.15) is 0 Å². The SMILES string of the molecule is C=CC(=O)N1CCCN(C(=O)c2cc(Sc3cnc(NC(=O)C4CC4)s3)c(C)cc2OC)C[C@H]1C(C)C. The second-order valence-corrected chi connectivity index (χ2v) is 12.2. The zero-order chi connectivity index (χ0) is 26.7. The van der Waals surface area contributed by atoms with Crippen LogP contribution in [0.15, 0.2) is 40.1 Å². The number of benzene rings is 1. The molecule has 1 aromatic carbocycles. The van der Waals surface area contributed by atoms with Gasteiger partial charge in [0, 0.05) is 30.4 Å². The Hall–Kier alpha value is -2.85. The molecule has 3 amide bonds. The van der Waals surface area contributed by atoms with Crippen LogP contribution >= 0.6 is 23.1 Å². The average Bonchev–Trinajstić information content (AvgIpc) is 3.68. The minimum Gasteiger partial charge on any atom is -0.496 e. The normalized spacial score (nSPS) is 17.9. The van der Waals surface area contributed by atoms with Crippen LogP contribution in [0.2, 0.25) is 0 Å². The van der Waals surface area contributed by atoms with Crippen LogP contribution in [0, 0.1) is 18.8 Å². The fourth-order valence-electron chi connectivity index (χ4n) is 4.46. The van der Waals surface area contributed by atoms with E-state index in [1.54, 1.807) is 13.3 Å². The second-order valence-electron chi connectivity index (χ2n) is 9.82. The molecule has 10 heteroatoms. The summed E-state index contributed by atoms with van der Waals surface area (Å²) in [5.41, 5.74) is 1.47. The largest absolute Gasteiger partial charge is 0.496 e. The zero-order valence-corrected chi connectivity index (χ0v) is 23.4. The van der Waals surface area contributed by atoms with Gasteiger partial charge < -0.3 is 19.9 Å². The number of ether oxygens (including phenoxy) is 1. The van der Waals surface area contributed by atoms with Crippen LogP contribution in [-0.4, -0.2) is 65.3 Å². The van der Waals surface area contributed by atoms with E-state index in [1.807, 2.05) is 28.9 Å². The summed E-state index contributed by atoms with van der Waals surface area (Å²) in [5.74, 6) is 0.650. The first-order valence-corrected chi connectivity index (χ1v) is 14.2. The molecule has 0 unspecified atom stereocenters. The lowest BCUT2D eigenvalue weighted by atomic mass is 10.0. The number of amides is 3. The Kier molecular flexibility index (Phi) is 8.59. The Morgan fingerprint density at radius 1 is 1.27 bits per heavy atom. The van der Waals surface area contributed by atoms with Crippen molar-refractivity contribution in [1.29, 1.82) is 0 Å². The van der Waals surface area contributed by atoms with E-state index >= 15 is 0 Å². The molecule has 2 aromatic rings.